The van der Waals surface area contributed by atoms with Gasteiger partial charge in [0.05, 0.1) is 9.79 Å². The molecule has 0 bridgehead atoms. The highest BCUT2D eigenvalue weighted by molar-refractivity contribution is 7.86. The molecule has 0 aliphatic carbocycles. The van der Waals surface area contributed by atoms with E-state index in [1.54, 1.807) is 12.1 Å². The summed E-state index contributed by atoms with van der Waals surface area (Å²) in [6.45, 7) is 3.65. The second-order valence-electron chi connectivity index (χ2n) is 6.52. The second-order valence-corrected chi connectivity index (χ2v) is 11.5. The van der Waals surface area contributed by atoms with Gasteiger partial charge >= 0.3 is 0 Å². The van der Waals surface area contributed by atoms with Gasteiger partial charge in [-0.1, -0.05) is 42.5 Å². The van der Waals surface area contributed by atoms with Crippen LogP contribution in [0.15, 0.2) is 76.5 Å². The molecule has 0 spiro atoms. The maximum atomic E-state index is 11.7. The van der Waals surface area contributed by atoms with E-state index in [9.17, 15) is 25.9 Å². The fourth-order valence-electron chi connectivity index (χ4n) is 2.97. The molecule has 0 fully saturated rings. The first kappa shape index (κ1) is 26.9. The molecule has 31 heavy (non-hydrogen) atoms. The predicted molar refractivity (Wildman–Crippen MR) is 124 cm³/mol. The van der Waals surface area contributed by atoms with Gasteiger partial charge in [-0.05, 0) is 73.1 Å². The van der Waals surface area contributed by atoms with Crippen molar-refractivity contribution in [1.29, 1.82) is 0 Å². The highest BCUT2D eigenvalue weighted by Crippen LogP contribution is 2.36. The zero-order valence-corrected chi connectivity index (χ0v) is 19.6. The van der Waals surface area contributed by atoms with E-state index >= 15 is 0 Å². The molecule has 0 radical (unpaired) electrons. The van der Waals surface area contributed by atoms with Crippen molar-refractivity contribution in [3.05, 3.63) is 77.9 Å². The molecule has 0 amide bonds. The van der Waals surface area contributed by atoms with Gasteiger partial charge < -0.3 is 12.3 Å². The van der Waals surface area contributed by atoms with Gasteiger partial charge in [-0.2, -0.15) is 16.8 Å². The van der Waals surface area contributed by atoms with E-state index in [1.807, 2.05) is 44.2 Å². The third kappa shape index (κ3) is 5.96. The van der Waals surface area contributed by atoms with Crippen molar-refractivity contribution < 1.29 is 25.9 Å². The Balaban J connectivity index is 0.00000240. The molecule has 8 N–H and O–H groups in total. The normalized spacial score (nSPS) is 11.5. The van der Waals surface area contributed by atoms with Crippen molar-refractivity contribution in [2.24, 2.45) is 0 Å². The summed E-state index contributed by atoms with van der Waals surface area (Å²) in [4.78, 5) is -0.463. The lowest BCUT2D eigenvalue weighted by molar-refractivity contribution is 0.481. The first-order chi connectivity index (χ1) is 13.5. The van der Waals surface area contributed by atoms with Crippen LogP contribution in [-0.2, 0) is 20.2 Å². The van der Waals surface area contributed by atoms with Crippen LogP contribution in [0, 0.1) is 13.8 Å². The van der Waals surface area contributed by atoms with E-state index in [2.05, 4.69) is 0 Å². The maximum Gasteiger partial charge on any atom is 0.294 e. The molecule has 0 aromatic heterocycles. The largest absolute Gasteiger partial charge is 0.344 e. The fraction of sp³-hybridized carbons (Fsp3) is 0.100. The summed E-state index contributed by atoms with van der Waals surface area (Å²) in [6.07, 6.45) is 0. The second kappa shape index (κ2) is 9.97. The summed E-state index contributed by atoms with van der Waals surface area (Å²) in [5, 5.41) is 2.20. The molecule has 0 saturated carbocycles. The van der Waals surface area contributed by atoms with E-state index in [0.29, 0.717) is 10.6 Å². The first-order valence-corrected chi connectivity index (χ1v) is 12.7. The molecule has 0 heterocycles. The van der Waals surface area contributed by atoms with Gasteiger partial charge in [0.25, 0.3) is 20.2 Å². The van der Waals surface area contributed by atoms with Crippen LogP contribution in [0.3, 0.4) is 0 Å². The molecular formula is C20H25N2O6PS2. The number of rotatable bonds is 5. The van der Waals surface area contributed by atoms with Crippen LogP contribution in [-0.4, -0.2) is 25.9 Å². The smallest absolute Gasteiger partial charge is 0.294 e. The molecule has 3 rings (SSSR count). The van der Waals surface area contributed by atoms with Gasteiger partial charge in [0.2, 0.25) is 0 Å². The molecule has 0 saturated heterocycles. The fourth-order valence-corrected chi connectivity index (χ4v) is 6.83. The van der Waals surface area contributed by atoms with E-state index in [0.717, 1.165) is 16.4 Å². The van der Waals surface area contributed by atoms with Gasteiger partial charge in [-0.15, -0.1) is 0 Å². The maximum absolute atomic E-state index is 11.7. The summed E-state index contributed by atoms with van der Waals surface area (Å²) in [7, 11) is -10.2. The van der Waals surface area contributed by atoms with Gasteiger partial charge in [0, 0.05) is 0 Å². The van der Waals surface area contributed by atoms with Gasteiger partial charge in [-0.25, -0.2) is 0 Å². The standard InChI is InChI=1S/C20H19O6PS2.2H3N/c1-14-8-10-17(28(21,22)23)12-19(14)27(16-6-4-3-5-7-16)20-13-18(29(24,25)26)11-9-15(20)2;;/h3-13H,1-2H3,(H,21,22,23)(H,24,25,26);2*1H3. The van der Waals surface area contributed by atoms with Gasteiger partial charge in [0.15, 0.2) is 0 Å². The third-order valence-electron chi connectivity index (χ3n) is 4.45. The highest BCUT2D eigenvalue weighted by Gasteiger charge is 2.24. The summed E-state index contributed by atoms with van der Waals surface area (Å²) < 4.78 is 65.8. The highest BCUT2D eigenvalue weighted by atomic mass is 32.2. The summed E-state index contributed by atoms with van der Waals surface area (Å²) in [5.74, 6) is 0. The molecule has 8 nitrogen and oxygen atoms in total. The van der Waals surface area contributed by atoms with E-state index in [1.165, 1.54) is 24.3 Å². The molecule has 0 atom stereocenters. The van der Waals surface area contributed by atoms with Crippen LogP contribution in [0.1, 0.15) is 11.1 Å². The monoisotopic (exact) mass is 484 g/mol. The van der Waals surface area contributed by atoms with Crippen molar-refractivity contribution in [3.63, 3.8) is 0 Å². The Morgan fingerprint density at radius 2 is 1.03 bits per heavy atom. The van der Waals surface area contributed by atoms with E-state index in [4.69, 9.17) is 0 Å². The number of hydrogen-bond donors (Lipinski definition) is 4. The first-order valence-electron chi connectivity index (χ1n) is 8.50. The van der Waals surface area contributed by atoms with Gasteiger partial charge in [-0.3, -0.25) is 9.11 Å². The van der Waals surface area contributed by atoms with Gasteiger partial charge in [0.1, 0.15) is 0 Å². The van der Waals surface area contributed by atoms with Crippen LogP contribution >= 0.6 is 7.92 Å². The zero-order chi connectivity index (χ0) is 21.4. The molecular weight excluding hydrogens is 459 g/mol. The lowest BCUT2D eigenvalue weighted by Crippen LogP contribution is -2.25. The Bertz CT molecular complexity index is 1200. The lowest BCUT2D eigenvalue weighted by Gasteiger charge is -2.24. The van der Waals surface area contributed by atoms with Crippen molar-refractivity contribution in [3.8, 4) is 0 Å². The molecule has 3 aromatic carbocycles. The minimum atomic E-state index is -4.41. The number of benzene rings is 3. The lowest BCUT2D eigenvalue weighted by atomic mass is 10.2. The SMILES string of the molecule is Cc1ccc(S(=O)(=O)O)cc1P(c1ccccc1)c1cc(S(=O)(=O)O)ccc1C.N.N. The summed E-state index contributed by atoms with van der Waals surface area (Å²) in [5.41, 5.74) is 1.59. The molecule has 11 heteroatoms. The average Bonchev–Trinajstić information content (AvgIpc) is 2.64. The molecule has 3 aromatic rings. The average molecular weight is 485 g/mol. The Hall–Kier alpha value is -2.17. The number of hydrogen-bond acceptors (Lipinski definition) is 6. The summed E-state index contributed by atoms with van der Waals surface area (Å²) >= 11 is 0. The van der Waals surface area contributed by atoms with Crippen LogP contribution in [0.2, 0.25) is 0 Å². The topological polar surface area (TPSA) is 179 Å². The Kier molecular flexibility index (Phi) is 8.64. The van der Waals surface area contributed by atoms with E-state index < -0.39 is 28.2 Å². The minimum Gasteiger partial charge on any atom is -0.344 e. The minimum absolute atomic E-state index is 0. The van der Waals surface area contributed by atoms with Crippen molar-refractivity contribution in [1.82, 2.24) is 12.3 Å². The third-order valence-corrected chi connectivity index (χ3v) is 8.89. The Morgan fingerprint density at radius 1 is 0.645 bits per heavy atom. The quantitative estimate of drug-likeness (QED) is 0.315. The van der Waals surface area contributed by atoms with Crippen LogP contribution < -0.4 is 28.2 Å². The molecule has 0 aliphatic rings. The van der Waals surface area contributed by atoms with Crippen LogP contribution in [0.25, 0.3) is 0 Å². The molecule has 0 aliphatic heterocycles. The summed E-state index contributed by atoms with van der Waals surface area (Å²) in [6, 6.07) is 18.0. The van der Waals surface area contributed by atoms with Crippen LogP contribution in [0.5, 0.6) is 0 Å². The van der Waals surface area contributed by atoms with Crippen LogP contribution in [0.4, 0.5) is 0 Å². The van der Waals surface area contributed by atoms with Crippen molar-refractivity contribution in [2.45, 2.75) is 23.6 Å². The van der Waals surface area contributed by atoms with E-state index in [-0.39, 0.29) is 22.1 Å². The predicted octanol–water partition coefficient (Wildman–Crippen LogP) is 2.88. The number of aryl methyl sites for hydroxylation is 2. The Morgan fingerprint density at radius 3 is 1.39 bits per heavy atom. The zero-order valence-electron chi connectivity index (χ0n) is 17.1. The Labute approximate surface area is 183 Å². The van der Waals surface area contributed by atoms with Crippen molar-refractivity contribution in [2.75, 3.05) is 0 Å². The van der Waals surface area contributed by atoms with Crippen molar-refractivity contribution >= 4 is 44.1 Å². The molecule has 0 unspecified atom stereocenters. The molecule has 168 valence electrons.